The van der Waals surface area contributed by atoms with E-state index in [-0.39, 0.29) is 24.0 Å². The molecule has 1 unspecified atom stereocenters. The number of benzene rings is 1. The molecule has 0 saturated carbocycles. The van der Waals surface area contributed by atoms with Crippen LogP contribution in [0.4, 0.5) is 0 Å². The highest BCUT2D eigenvalue weighted by atomic mass is 127. The van der Waals surface area contributed by atoms with E-state index < -0.39 is 0 Å². The fourth-order valence-electron chi connectivity index (χ4n) is 3.52. The van der Waals surface area contributed by atoms with Crippen molar-refractivity contribution in [1.29, 1.82) is 0 Å². The minimum absolute atomic E-state index is 0. The lowest BCUT2D eigenvalue weighted by Gasteiger charge is -2.35. The lowest BCUT2D eigenvalue weighted by molar-refractivity contribution is 0.143. The van der Waals surface area contributed by atoms with Crippen molar-refractivity contribution in [2.24, 2.45) is 10.9 Å². The summed E-state index contributed by atoms with van der Waals surface area (Å²) in [5.41, 5.74) is 2.70. The van der Waals surface area contributed by atoms with E-state index in [4.69, 9.17) is 4.99 Å². The molecule has 0 radical (unpaired) electrons. The summed E-state index contributed by atoms with van der Waals surface area (Å²) in [6.45, 7) is 14.0. The molecule has 1 heterocycles. The van der Waals surface area contributed by atoms with Crippen LogP contribution in [0.1, 0.15) is 44.7 Å². The number of halogens is 1. The molecule has 0 spiro atoms. The van der Waals surface area contributed by atoms with Gasteiger partial charge in [0.15, 0.2) is 5.96 Å². The molecule has 1 fully saturated rings. The third-order valence-electron chi connectivity index (χ3n) is 5.15. The van der Waals surface area contributed by atoms with E-state index in [1.54, 1.807) is 0 Å². The lowest BCUT2D eigenvalue weighted by atomic mass is 9.97. The second kappa shape index (κ2) is 11.8. The SMILES string of the molecule is CCNC(=NCC1CCCN(C(C)C)C1)N(C)Cc1ccccc1C.I. The zero-order valence-electron chi connectivity index (χ0n) is 17.2. The molecule has 2 rings (SSSR count). The van der Waals surface area contributed by atoms with E-state index in [1.165, 1.54) is 37.1 Å². The standard InChI is InChI=1S/C21H36N4.HI/c1-6-22-21(24(5)16-20-12-8-7-10-18(20)4)23-14-19-11-9-13-25(15-19)17(2)3;/h7-8,10,12,17,19H,6,9,11,13-16H2,1-5H3,(H,22,23);1H. The Morgan fingerprint density at radius 2 is 2.08 bits per heavy atom. The van der Waals surface area contributed by atoms with Gasteiger partial charge in [-0.05, 0) is 64.1 Å². The summed E-state index contributed by atoms with van der Waals surface area (Å²) >= 11 is 0. The van der Waals surface area contributed by atoms with Gasteiger partial charge in [-0.2, -0.15) is 0 Å². The number of nitrogens with zero attached hydrogens (tertiary/aromatic N) is 3. The molecule has 0 aliphatic carbocycles. The Morgan fingerprint density at radius 1 is 1.35 bits per heavy atom. The van der Waals surface area contributed by atoms with Crippen LogP contribution in [0.25, 0.3) is 0 Å². The van der Waals surface area contributed by atoms with Gasteiger partial charge in [0.25, 0.3) is 0 Å². The number of likely N-dealkylation sites (tertiary alicyclic amines) is 1. The van der Waals surface area contributed by atoms with Crippen molar-refractivity contribution in [2.75, 3.05) is 33.2 Å². The number of hydrogen-bond acceptors (Lipinski definition) is 2. The summed E-state index contributed by atoms with van der Waals surface area (Å²) in [6.07, 6.45) is 2.60. The summed E-state index contributed by atoms with van der Waals surface area (Å²) in [7, 11) is 2.13. The van der Waals surface area contributed by atoms with Gasteiger partial charge in [0.05, 0.1) is 0 Å². The van der Waals surface area contributed by atoms with Crippen molar-refractivity contribution in [2.45, 2.75) is 53.1 Å². The van der Waals surface area contributed by atoms with Crippen molar-refractivity contribution in [3.63, 3.8) is 0 Å². The largest absolute Gasteiger partial charge is 0.357 e. The highest BCUT2D eigenvalue weighted by Gasteiger charge is 2.21. The number of piperidine rings is 1. The van der Waals surface area contributed by atoms with E-state index >= 15 is 0 Å². The predicted molar refractivity (Wildman–Crippen MR) is 123 cm³/mol. The average Bonchev–Trinajstić information content (AvgIpc) is 2.60. The van der Waals surface area contributed by atoms with E-state index in [0.29, 0.717) is 12.0 Å². The Bertz CT molecular complexity index is 559. The molecule has 0 bridgehead atoms. The minimum Gasteiger partial charge on any atom is -0.357 e. The number of rotatable bonds is 6. The van der Waals surface area contributed by atoms with Crippen molar-refractivity contribution >= 4 is 29.9 Å². The maximum absolute atomic E-state index is 4.96. The summed E-state index contributed by atoms with van der Waals surface area (Å²) in [4.78, 5) is 9.80. The average molecular weight is 472 g/mol. The van der Waals surface area contributed by atoms with Crippen LogP contribution in [0.2, 0.25) is 0 Å². The first-order valence-electron chi connectivity index (χ1n) is 9.79. The smallest absolute Gasteiger partial charge is 0.193 e. The van der Waals surface area contributed by atoms with Gasteiger partial charge >= 0.3 is 0 Å². The normalized spacial score (nSPS) is 18.5. The summed E-state index contributed by atoms with van der Waals surface area (Å²) in [6, 6.07) is 9.24. The molecule has 1 aromatic carbocycles. The molecule has 1 saturated heterocycles. The van der Waals surface area contributed by atoms with Crippen LogP contribution in [0, 0.1) is 12.8 Å². The van der Waals surface area contributed by atoms with Crippen LogP contribution >= 0.6 is 24.0 Å². The number of aryl methyl sites for hydroxylation is 1. The molecule has 5 heteroatoms. The molecule has 26 heavy (non-hydrogen) atoms. The Hall–Kier alpha value is -0.820. The maximum atomic E-state index is 4.96. The van der Waals surface area contributed by atoms with E-state index in [2.05, 4.69) is 74.1 Å². The Balaban J connectivity index is 0.00000338. The van der Waals surface area contributed by atoms with E-state index in [1.807, 2.05) is 0 Å². The van der Waals surface area contributed by atoms with Crippen molar-refractivity contribution in [1.82, 2.24) is 15.1 Å². The zero-order chi connectivity index (χ0) is 18.2. The molecular formula is C21H37IN4. The highest BCUT2D eigenvalue weighted by Crippen LogP contribution is 2.19. The van der Waals surface area contributed by atoms with Gasteiger partial charge in [-0.1, -0.05) is 24.3 Å². The van der Waals surface area contributed by atoms with Crippen LogP contribution in [0.5, 0.6) is 0 Å². The number of hydrogen-bond donors (Lipinski definition) is 1. The van der Waals surface area contributed by atoms with Gasteiger partial charge in [-0.15, -0.1) is 24.0 Å². The van der Waals surface area contributed by atoms with Crippen LogP contribution in [0.3, 0.4) is 0 Å². The summed E-state index contributed by atoms with van der Waals surface area (Å²) in [5, 5.41) is 3.46. The lowest BCUT2D eigenvalue weighted by Crippen LogP contribution is -2.42. The third kappa shape index (κ3) is 7.06. The monoisotopic (exact) mass is 472 g/mol. The Kier molecular flexibility index (Phi) is 10.5. The quantitative estimate of drug-likeness (QED) is 0.384. The number of nitrogens with one attached hydrogen (secondary N) is 1. The molecule has 1 N–H and O–H groups in total. The third-order valence-corrected chi connectivity index (χ3v) is 5.15. The summed E-state index contributed by atoms with van der Waals surface area (Å²) in [5.74, 6) is 1.70. The predicted octanol–water partition coefficient (Wildman–Crippen LogP) is 4.13. The van der Waals surface area contributed by atoms with Gasteiger partial charge in [0.1, 0.15) is 0 Å². The molecule has 0 aromatic heterocycles. The van der Waals surface area contributed by atoms with E-state index in [0.717, 1.165) is 25.6 Å². The van der Waals surface area contributed by atoms with Crippen LogP contribution < -0.4 is 5.32 Å². The van der Waals surface area contributed by atoms with Gasteiger partial charge in [0, 0.05) is 39.3 Å². The molecule has 0 amide bonds. The van der Waals surface area contributed by atoms with Crippen LogP contribution in [-0.2, 0) is 6.54 Å². The van der Waals surface area contributed by atoms with Gasteiger partial charge in [0.2, 0.25) is 0 Å². The highest BCUT2D eigenvalue weighted by molar-refractivity contribution is 14.0. The molecule has 148 valence electrons. The molecule has 1 aliphatic rings. The topological polar surface area (TPSA) is 30.9 Å². The van der Waals surface area contributed by atoms with Crippen molar-refractivity contribution in [3.8, 4) is 0 Å². The van der Waals surface area contributed by atoms with Crippen molar-refractivity contribution in [3.05, 3.63) is 35.4 Å². The zero-order valence-corrected chi connectivity index (χ0v) is 19.5. The first-order chi connectivity index (χ1) is 12.0. The second-order valence-corrected chi connectivity index (χ2v) is 7.57. The van der Waals surface area contributed by atoms with Gasteiger partial charge in [-0.25, -0.2) is 0 Å². The summed E-state index contributed by atoms with van der Waals surface area (Å²) < 4.78 is 0. The molecule has 4 nitrogen and oxygen atoms in total. The fraction of sp³-hybridized carbons (Fsp3) is 0.667. The van der Waals surface area contributed by atoms with Crippen LogP contribution in [-0.4, -0.2) is 55.0 Å². The second-order valence-electron chi connectivity index (χ2n) is 7.57. The first-order valence-corrected chi connectivity index (χ1v) is 9.79. The molecule has 1 aromatic rings. The van der Waals surface area contributed by atoms with Gasteiger partial charge < -0.3 is 15.1 Å². The Labute approximate surface area is 177 Å². The van der Waals surface area contributed by atoms with Crippen LogP contribution in [0.15, 0.2) is 29.3 Å². The van der Waals surface area contributed by atoms with Gasteiger partial charge in [-0.3, -0.25) is 4.99 Å². The Morgan fingerprint density at radius 3 is 2.73 bits per heavy atom. The van der Waals surface area contributed by atoms with Crippen molar-refractivity contribution < 1.29 is 0 Å². The van der Waals surface area contributed by atoms with E-state index in [9.17, 15) is 0 Å². The molecule has 1 aliphatic heterocycles. The maximum Gasteiger partial charge on any atom is 0.193 e. The molecule has 1 atom stereocenters. The number of guanidine groups is 1. The molecular weight excluding hydrogens is 435 g/mol. The fourth-order valence-corrected chi connectivity index (χ4v) is 3.52. The minimum atomic E-state index is 0. The first kappa shape index (κ1) is 23.2. The number of aliphatic imine (C=N–C) groups is 1.